The number of ether oxygens (including phenoxy) is 2. The van der Waals surface area contributed by atoms with Crippen LogP contribution in [0.1, 0.15) is 25.8 Å². The molecule has 0 aliphatic carbocycles. The molecule has 126 valence electrons. The topological polar surface area (TPSA) is 67.9 Å². The van der Waals surface area contributed by atoms with Crippen molar-refractivity contribution in [2.45, 2.75) is 38.8 Å². The van der Waals surface area contributed by atoms with Gasteiger partial charge in [0.15, 0.2) is 0 Å². The van der Waals surface area contributed by atoms with E-state index in [0.29, 0.717) is 25.9 Å². The van der Waals surface area contributed by atoms with E-state index in [4.69, 9.17) is 9.47 Å². The molecule has 1 heterocycles. The first-order valence-electron chi connectivity index (χ1n) is 7.86. The lowest BCUT2D eigenvalue weighted by Crippen LogP contribution is -2.36. The summed E-state index contributed by atoms with van der Waals surface area (Å²) in [6, 6.07) is 7.78. The summed E-state index contributed by atoms with van der Waals surface area (Å²) in [5.74, 6) is 0.737. The molecular formula is C17H24N2O4. The number of carbonyl (C=O) groups excluding carboxylic acids is 2. The first-order chi connectivity index (χ1) is 11.0. The third-order valence-corrected chi connectivity index (χ3v) is 3.83. The van der Waals surface area contributed by atoms with E-state index in [1.807, 2.05) is 38.1 Å². The summed E-state index contributed by atoms with van der Waals surface area (Å²) in [5, 5.41) is 2.83. The van der Waals surface area contributed by atoms with Crippen molar-refractivity contribution in [2.75, 3.05) is 20.2 Å². The normalized spacial score (nSPS) is 17.3. The van der Waals surface area contributed by atoms with Gasteiger partial charge in [0, 0.05) is 12.5 Å². The maximum atomic E-state index is 11.9. The fraction of sp³-hybridized carbons (Fsp3) is 0.529. The maximum absolute atomic E-state index is 11.9. The Labute approximate surface area is 136 Å². The number of methoxy groups -OCH3 is 1. The van der Waals surface area contributed by atoms with E-state index in [0.717, 1.165) is 11.3 Å². The molecule has 0 bridgehead atoms. The van der Waals surface area contributed by atoms with E-state index in [1.165, 1.54) is 0 Å². The van der Waals surface area contributed by atoms with Crippen molar-refractivity contribution in [3.05, 3.63) is 29.8 Å². The van der Waals surface area contributed by atoms with Crippen molar-refractivity contribution >= 4 is 12.0 Å². The smallest absolute Gasteiger partial charge is 0.410 e. The van der Waals surface area contributed by atoms with Gasteiger partial charge in [-0.1, -0.05) is 12.1 Å². The molecular weight excluding hydrogens is 296 g/mol. The van der Waals surface area contributed by atoms with Gasteiger partial charge in [-0.15, -0.1) is 0 Å². The van der Waals surface area contributed by atoms with Gasteiger partial charge < -0.3 is 19.7 Å². The molecule has 1 aromatic carbocycles. The zero-order chi connectivity index (χ0) is 16.8. The highest BCUT2D eigenvalue weighted by molar-refractivity contribution is 5.76. The Bertz CT molecular complexity index is 559. The van der Waals surface area contributed by atoms with Crippen LogP contribution in [0.4, 0.5) is 4.79 Å². The molecule has 0 radical (unpaired) electrons. The summed E-state index contributed by atoms with van der Waals surface area (Å²) >= 11 is 0. The molecule has 0 aromatic heterocycles. The molecule has 2 amide bonds. The van der Waals surface area contributed by atoms with Crippen LogP contribution >= 0.6 is 0 Å². The minimum Gasteiger partial charge on any atom is -0.497 e. The van der Waals surface area contributed by atoms with Gasteiger partial charge in [0.05, 0.1) is 20.2 Å². The first-order valence-corrected chi connectivity index (χ1v) is 7.86. The second-order valence-corrected chi connectivity index (χ2v) is 5.91. The van der Waals surface area contributed by atoms with Crippen LogP contribution in [0.15, 0.2) is 24.3 Å². The van der Waals surface area contributed by atoms with Gasteiger partial charge in [-0.25, -0.2) is 4.79 Å². The van der Waals surface area contributed by atoms with Gasteiger partial charge in [-0.3, -0.25) is 4.79 Å². The highest BCUT2D eigenvalue weighted by Gasteiger charge is 2.32. The summed E-state index contributed by atoms with van der Waals surface area (Å²) in [5.41, 5.74) is 1.05. The molecule has 1 aromatic rings. The van der Waals surface area contributed by atoms with E-state index in [1.54, 1.807) is 12.0 Å². The predicted octanol–water partition coefficient (Wildman–Crippen LogP) is 1.97. The quantitative estimate of drug-likeness (QED) is 0.834. The molecule has 1 aliphatic rings. The lowest BCUT2D eigenvalue weighted by molar-refractivity contribution is -0.121. The highest BCUT2D eigenvalue weighted by atomic mass is 16.6. The molecule has 1 atom stereocenters. The van der Waals surface area contributed by atoms with Crippen LogP contribution in [0.25, 0.3) is 0 Å². The summed E-state index contributed by atoms with van der Waals surface area (Å²) in [7, 11) is 1.62. The lowest BCUT2D eigenvalue weighted by atomic mass is 10.1. The lowest BCUT2D eigenvalue weighted by Gasteiger charge is -2.16. The van der Waals surface area contributed by atoms with Crippen molar-refractivity contribution in [3.63, 3.8) is 0 Å². The van der Waals surface area contributed by atoms with Gasteiger partial charge in [0.25, 0.3) is 0 Å². The van der Waals surface area contributed by atoms with Gasteiger partial charge in [-0.2, -0.15) is 0 Å². The van der Waals surface area contributed by atoms with Gasteiger partial charge >= 0.3 is 6.09 Å². The Balaban J connectivity index is 1.72. The molecule has 1 aliphatic heterocycles. The Morgan fingerprint density at radius 3 is 2.91 bits per heavy atom. The van der Waals surface area contributed by atoms with Gasteiger partial charge in [-0.05, 0) is 38.0 Å². The van der Waals surface area contributed by atoms with Crippen LogP contribution in [-0.4, -0.2) is 49.2 Å². The Morgan fingerprint density at radius 1 is 1.48 bits per heavy atom. The number of benzene rings is 1. The van der Waals surface area contributed by atoms with Crippen LogP contribution in [-0.2, 0) is 16.0 Å². The van der Waals surface area contributed by atoms with Crippen LogP contribution in [0, 0.1) is 0 Å². The third kappa shape index (κ3) is 4.87. The number of carbonyl (C=O) groups is 2. The van der Waals surface area contributed by atoms with Crippen LogP contribution < -0.4 is 10.1 Å². The highest BCUT2D eigenvalue weighted by Crippen LogP contribution is 2.15. The van der Waals surface area contributed by atoms with Crippen molar-refractivity contribution in [1.82, 2.24) is 10.2 Å². The number of hydrogen-bond donors (Lipinski definition) is 1. The second-order valence-electron chi connectivity index (χ2n) is 5.91. The molecule has 1 unspecified atom stereocenters. The fourth-order valence-electron chi connectivity index (χ4n) is 2.47. The van der Waals surface area contributed by atoms with Gasteiger partial charge in [0.2, 0.25) is 5.91 Å². The SMILES string of the molecule is COc1cccc(CCC(=O)NCC2CN(C(C)C)C(=O)O2)c1. The molecule has 23 heavy (non-hydrogen) atoms. The van der Waals surface area contributed by atoms with Crippen molar-refractivity contribution in [2.24, 2.45) is 0 Å². The molecule has 1 N–H and O–H groups in total. The molecule has 1 saturated heterocycles. The zero-order valence-corrected chi connectivity index (χ0v) is 13.9. The largest absolute Gasteiger partial charge is 0.497 e. The average Bonchev–Trinajstić information content (AvgIpc) is 2.92. The minimum atomic E-state index is -0.310. The number of nitrogens with one attached hydrogen (secondary N) is 1. The van der Waals surface area contributed by atoms with E-state index in [-0.39, 0.29) is 24.1 Å². The number of rotatable bonds is 7. The Kier molecular flexibility index (Phi) is 5.84. The molecule has 6 nitrogen and oxygen atoms in total. The van der Waals surface area contributed by atoms with Gasteiger partial charge in [0.1, 0.15) is 11.9 Å². The molecule has 0 spiro atoms. The van der Waals surface area contributed by atoms with E-state index < -0.39 is 0 Å². The molecule has 6 heteroatoms. The van der Waals surface area contributed by atoms with E-state index in [9.17, 15) is 9.59 Å². The summed E-state index contributed by atoms with van der Waals surface area (Å²) in [6.45, 7) is 4.76. The summed E-state index contributed by atoms with van der Waals surface area (Å²) < 4.78 is 10.4. The van der Waals surface area contributed by atoms with Crippen LogP contribution in [0.2, 0.25) is 0 Å². The minimum absolute atomic E-state index is 0.0492. The monoisotopic (exact) mass is 320 g/mol. The molecule has 2 rings (SSSR count). The van der Waals surface area contributed by atoms with Crippen molar-refractivity contribution < 1.29 is 19.1 Å². The Morgan fingerprint density at radius 2 is 2.26 bits per heavy atom. The van der Waals surface area contributed by atoms with E-state index in [2.05, 4.69) is 5.32 Å². The number of nitrogens with zero attached hydrogens (tertiary/aromatic N) is 1. The standard InChI is InChI=1S/C17H24N2O4/c1-12(2)19-11-15(23-17(19)21)10-18-16(20)8-7-13-5-4-6-14(9-13)22-3/h4-6,9,12,15H,7-8,10-11H2,1-3H3,(H,18,20). The van der Waals surface area contributed by atoms with E-state index >= 15 is 0 Å². The third-order valence-electron chi connectivity index (χ3n) is 3.83. The summed E-state index contributed by atoms with van der Waals surface area (Å²) in [4.78, 5) is 25.2. The maximum Gasteiger partial charge on any atom is 0.410 e. The number of cyclic esters (lactones) is 1. The van der Waals surface area contributed by atoms with Crippen LogP contribution in [0.3, 0.4) is 0 Å². The molecule has 0 saturated carbocycles. The van der Waals surface area contributed by atoms with Crippen molar-refractivity contribution in [1.29, 1.82) is 0 Å². The summed E-state index contributed by atoms with van der Waals surface area (Å²) in [6.07, 6.45) is 0.453. The fourth-order valence-corrected chi connectivity index (χ4v) is 2.47. The Hall–Kier alpha value is -2.24. The predicted molar refractivity (Wildman–Crippen MR) is 86.4 cm³/mol. The molecule has 1 fully saturated rings. The number of amides is 2. The first kappa shape index (κ1) is 17.1. The second kappa shape index (κ2) is 7.85. The average molecular weight is 320 g/mol. The van der Waals surface area contributed by atoms with Crippen molar-refractivity contribution in [3.8, 4) is 5.75 Å². The zero-order valence-electron chi connectivity index (χ0n) is 13.9. The number of aryl methyl sites for hydroxylation is 1. The van der Waals surface area contributed by atoms with Crippen LogP contribution in [0.5, 0.6) is 5.75 Å². The number of hydrogen-bond acceptors (Lipinski definition) is 4.